The fourth-order valence-electron chi connectivity index (χ4n) is 3.38. The van der Waals surface area contributed by atoms with E-state index in [9.17, 15) is 9.90 Å². The summed E-state index contributed by atoms with van der Waals surface area (Å²) >= 11 is 0. The van der Waals surface area contributed by atoms with E-state index >= 15 is 0 Å². The maximum atomic E-state index is 11.5. The van der Waals surface area contributed by atoms with E-state index in [2.05, 4.69) is 4.98 Å². The highest BCUT2D eigenvalue weighted by Crippen LogP contribution is 2.64. The zero-order chi connectivity index (χ0) is 11.2. The monoisotopic (exact) mass is 217 g/mol. The Hall–Kier alpha value is -1.38. The lowest BCUT2D eigenvalue weighted by Gasteiger charge is -2.59. The third-order valence-corrected chi connectivity index (χ3v) is 4.39. The Morgan fingerprint density at radius 3 is 2.56 bits per heavy atom. The van der Waals surface area contributed by atoms with Gasteiger partial charge in [-0.2, -0.15) is 0 Å². The third kappa shape index (κ3) is 1.14. The van der Waals surface area contributed by atoms with Crippen molar-refractivity contribution in [3.63, 3.8) is 0 Å². The first-order valence-electron chi connectivity index (χ1n) is 5.81. The topological polar surface area (TPSA) is 50.2 Å². The predicted molar refractivity (Wildman–Crippen MR) is 59.1 cm³/mol. The van der Waals surface area contributed by atoms with Gasteiger partial charge >= 0.3 is 5.97 Å². The van der Waals surface area contributed by atoms with Crippen LogP contribution in [0, 0.1) is 5.41 Å². The number of carbonyl (C=O) groups is 1. The summed E-state index contributed by atoms with van der Waals surface area (Å²) in [6.07, 6.45) is 8.70. The molecular formula is C13H15NO2. The van der Waals surface area contributed by atoms with Crippen molar-refractivity contribution in [1.82, 2.24) is 4.98 Å². The SMILES string of the molecule is O=C(O)C1(c2cccnc2)CC2(CCC2)C1. The second kappa shape index (κ2) is 3.06. The van der Waals surface area contributed by atoms with Crippen molar-refractivity contribution in [3.05, 3.63) is 30.1 Å². The maximum absolute atomic E-state index is 11.5. The summed E-state index contributed by atoms with van der Waals surface area (Å²) in [6.45, 7) is 0. The van der Waals surface area contributed by atoms with Gasteiger partial charge in [-0.15, -0.1) is 0 Å². The van der Waals surface area contributed by atoms with Gasteiger partial charge in [0.25, 0.3) is 0 Å². The van der Waals surface area contributed by atoms with Gasteiger partial charge in [0, 0.05) is 12.4 Å². The summed E-state index contributed by atoms with van der Waals surface area (Å²) in [5.74, 6) is -0.682. The number of carboxylic acids is 1. The normalized spacial score (nSPS) is 24.5. The minimum absolute atomic E-state index is 0.355. The van der Waals surface area contributed by atoms with E-state index in [0.717, 1.165) is 18.4 Å². The number of nitrogens with zero attached hydrogens (tertiary/aromatic N) is 1. The number of aliphatic carboxylic acids is 1. The van der Waals surface area contributed by atoms with Crippen LogP contribution in [-0.4, -0.2) is 16.1 Å². The Kier molecular flexibility index (Phi) is 1.88. The molecule has 84 valence electrons. The lowest BCUT2D eigenvalue weighted by Crippen LogP contribution is -2.57. The Labute approximate surface area is 94.5 Å². The summed E-state index contributed by atoms with van der Waals surface area (Å²) < 4.78 is 0. The molecule has 3 rings (SSSR count). The number of pyridine rings is 1. The molecule has 1 spiro atoms. The van der Waals surface area contributed by atoms with Crippen LogP contribution < -0.4 is 0 Å². The van der Waals surface area contributed by atoms with Crippen LogP contribution in [0.4, 0.5) is 0 Å². The van der Waals surface area contributed by atoms with Crippen LogP contribution in [0.5, 0.6) is 0 Å². The number of hydrogen-bond acceptors (Lipinski definition) is 2. The maximum Gasteiger partial charge on any atom is 0.314 e. The zero-order valence-electron chi connectivity index (χ0n) is 9.15. The third-order valence-electron chi connectivity index (χ3n) is 4.39. The zero-order valence-corrected chi connectivity index (χ0v) is 9.15. The first-order valence-corrected chi connectivity index (χ1v) is 5.81. The minimum atomic E-state index is -0.682. The first-order chi connectivity index (χ1) is 7.67. The minimum Gasteiger partial charge on any atom is -0.481 e. The van der Waals surface area contributed by atoms with Gasteiger partial charge in [-0.1, -0.05) is 12.5 Å². The second-order valence-corrected chi connectivity index (χ2v) is 5.34. The fourth-order valence-corrected chi connectivity index (χ4v) is 3.38. The molecule has 1 heterocycles. The summed E-state index contributed by atoms with van der Waals surface area (Å²) in [7, 11) is 0. The molecule has 0 bridgehead atoms. The molecule has 0 amide bonds. The summed E-state index contributed by atoms with van der Waals surface area (Å²) in [6, 6.07) is 3.72. The summed E-state index contributed by atoms with van der Waals surface area (Å²) in [4.78, 5) is 15.5. The second-order valence-electron chi connectivity index (χ2n) is 5.34. The van der Waals surface area contributed by atoms with Gasteiger partial charge in [-0.3, -0.25) is 9.78 Å². The molecule has 0 unspecified atom stereocenters. The fraction of sp³-hybridized carbons (Fsp3) is 0.538. The Morgan fingerprint density at radius 2 is 2.12 bits per heavy atom. The number of aromatic nitrogens is 1. The molecule has 2 aliphatic rings. The Balaban J connectivity index is 1.92. The van der Waals surface area contributed by atoms with Crippen molar-refractivity contribution in [2.24, 2.45) is 5.41 Å². The molecule has 0 aliphatic heterocycles. The summed E-state index contributed by atoms with van der Waals surface area (Å²) in [5.41, 5.74) is 0.586. The van der Waals surface area contributed by atoms with E-state index in [1.165, 1.54) is 19.3 Å². The van der Waals surface area contributed by atoms with Gasteiger partial charge in [0.2, 0.25) is 0 Å². The molecule has 3 heteroatoms. The van der Waals surface area contributed by atoms with E-state index in [1.54, 1.807) is 12.4 Å². The van der Waals surface area contributed by atoms with Gasteiger partial charge in [0.1, 0.15) is 0 Å². The van der Waals surface area contributed by atoms with Crippen LogP contribution in [0.15, 0.2) is 24.5 Å². The van der Waals surface area contributed by atoms with Crippen LogP contribution in [0.3, 0.4) is 0 Å². The predicted octanol–water partition coefficient (Wildman–Crippen LogP) is 2.37. The molecule has 2 saturated carbocycles. The van der Waals surface area contributed by atoms with Crippen LogP contribution in [-0.2, 0) is 10.2 Å². The molecule has 3 nitrogen and oxygen atoms in total. The van der Waals surface area contributed by atoms with E-state index in [-0.39, 0.29) is 0 Å². The first kappa shape index (κ1) is 9.82. The van der Waals surface area contributed by atoms with Crippen molar-refractivity contribution < 1.29 is 9.90 Å². The van der Waals surface area contributed by atoms with Crippen molar-refractivity contribution in [1.29, 1.82) is 0 Å². The molecule has 1 aromatic heterocycles. The average molecular weight is 217 g/mol. The van der Waals surface area contributed by atoms with E-state index < -0.39 is 11.4 Å². The smallest absolute Gasteiger partial charge is 0.314 e. The van der Waals surface area contributed by atoms with Crippen molar-refractivity contribution in [2.75, 3.05) is 0 Å². The average Bonchev–Trinajstić information content (AvgIpc) is 2.15. The van der Waals surface area contributed by atoms with E-state index in [1.807, 2.05) is 12.1 Å². The number of rotatable bonds is 2. The lowest BCUT2D eigenvalue weighted by molar-refractivity contribution is -0.160. The molecule has 1 N–H and O–H groups in total. The molecule has 1 aromatic rings. The summed E-state index contributed by atoms with van der Waals surface area (Å²) in [5, 5.41) is 9.46. The highest BCUT2D eigenvalue weighted by Gasteiger charge is 2.61. The van der Waals surface area contributed by atoms with Crippen molar-refractivity contribution in [2.45, 2.75) is 37.5 Å². The van der Waals surface area contributed by atoms with Crippen molar-refractivity contribution >= 4 is 5.97 Å². The number of hydrogen-bond donors (Lipinski definition) is 1. The lowest BCUT2D eigenvalue weighted by atomic mass is 9.44. The molecule has 0 atom stereocenters. The van der Waals surface area contributed by atoms with Crippen LogP contribution in [0.25, 0.3) is 0 Å². The standard InChI is InChI=1S/C13H15NO2/c15-11(16)13(10-3-1-6-14-7-10)8-12(9-13)4-2-5-12/h1,3,6-7H,2,4-5,8-9H2,(H,15,16). The molecule has 0 aromatic carbocycles. The highest BCUT2D eigenvalue weighted by atomic mass is 16.4. The quantitative estimate of drug-likeness (QED) is 0.827. The molecule has 0 radical (unpaired) electrons. The number of carboxylic acid groups (broad SMARTS) is 1. The molecule has 2 aliphatic carbocycles. The molecule has 2 fully saturated rings. The molecular weight excluding hydrogens is 202 g/mol. The van der Waals surface area contributed by atoms with Gasteiger partial charge in [-0.25, -0.2) is 0 Å². The van der Waals surface area contributed by atoms with Crippen LogP contribution in [0.2, 0.25) is 0 Å². The van der Waals surface area contributed by atoms with Gasteiger partial charge in [0.05, 0.1) is 5.41 Å². The van der Waals surface area contributed by atoms with Crippen LogP contribution >= 0.6 is 0 Å². The van der Waals surface area contributed by atoms with Gasteiger partial charge in [0.15, 0.2) is 0 Å². The molecule has 0 saturated heterocycles. The van der Waals surface area contributed by atoms with Gasteiger partial charge in [-0.05, 0) is 42.7 Å². The highest BCUT2D eigenvalue weighted by molar-refractivity contribution is 5.83. The Bertz CT molecular complexity index is 415. The van der Waals surface area contributed by atoms with Gasteiger partial charge < -0.3 is 5.11 Å². The van der Waals surface area contributed by atoms with Crippen molar-refractivity contribution in [3.8, 4) is 0 Å². The van der Waals surface area contributed by atoms with E-state index in [4.69, 9.17) is 0 Å². The van der Waals surface area contributed by atoms with Crippen LogP contribution in [0.1, 0.15) is 37.7 Å². The Morgan fingerprint density at radius 1 is 1.38 bits per heavy atom. The van der Waals surface area contributed by atoms with E-state index in [0.29, 0.717) is 5.41 Å². The largest absolute Gasteiger partial charge is 0.481 e. The molecule has 16 heavy (non-hydrogen) atoms.